The molecule has 0 saturated carbocycles. The minimum Gasteiger partial charge on any atom is -0.338 e. The van der Waals surface area contributed by atoms with Crippen LogP contribution in [0.1, 0.15) is 54.8 Å². The first-order chi connectivity index (χ1) is 20.2. The van der Waals surface area contributed by atoms with Crippen LogP contribution in [0.2, 0.25) is 0 Å². The topological polar surface area (TPSA) is 88.0 Å². The number of Topliss-reactive ketones (excluding diaryl/α,β-unsaturated/α-hetero) is 1. The summed E-state index contributed by atoms with van der Waals surface area (Å²) in [5.41, 5.74) is 0.690. The van der Waals surface area contributed by atoms with Gasteiger partial charge in [-0.3, -0.25) is 19.4 Å². The highest BCUT2D eigenvalue weighted by atomic mass is 19.4. The van der Waals surface area contributed by atoms with E-state index in [0.29, 0.717) is 48.3 Å². The second-order valence-electron chi connectivity index (χ2n) is 11.2. The fourth-order valence-electron chi connectivity index (χ4n) is 6.70. The van der Waals surface area contributed by atoms with Crippen molar-refractivity contribution in [1.82, 2.24) is 14.7 Å². The number of nitrogens with zero attached hydrogens (tertiary/aromatic N) is 5. The molecule has 3 aliphatic heterocycles. The molecule has 2 unspecified atom stereocenters. The molecule has 4 aliphatic rings. The number of amides is 3. The minimum atomic E-state index is -4.63. The van der Waals surface area contributed by atoms with Gasteiger partial charge in [-0.1, -0.05) is 18.2 Å². The highest BCUT2D eigenvalue weighted by molar-refractivity contribution is 6.07. The maximum absolute atomic E-state index is 14.3. The van der Waals surface area contributed by atoms with Crippen LogP contribution in [0.5, 0.6) is 0 Å². The fraction of sp³-hybridized carbons (Fsp3) is 0.419. The van der Waals surface area contributed by atoms with Crippen LogP contribution in [-0.2, 0) is 15.8 Å². The van der Waals surface area contributed by atoms with Crippen molar-refractivity contribution in [2.24, 2.45) is 0 Å². The van der Waals surface area contributed by atoms with E-state index in [-0.39, 0.29) is 36.4 Å². The molecule has 0 radical (unpaired) electrons. The first-order valence-electron chi connectivity index (χ1n) is 14.2. The Labute approximate surface area is 241 Å². The highest BCUT2D eigenvalue weighted by Gasteiger charge is 2.46. The largest absolute Gasteiger partial charge is 0.416 e. The molecule has 2 aromatic rings. The van der Waals surface area contributed by atoms with E-state index in [4.69, 9.17) is 0 Å². The summed E-state index contributed by atoms with van der Waals surface area (Å²) in [5.74, 6) is -0.489. The average Bonchev–Trinajstić information content (AvgIpc) is 3.46. The molecule has 0 N–H and O–H groups in total. The van der Waals surface area contributed by atoms with Gasteiger partial charge in [-0.05, 0) is 68.1 Å². The zero-order chi connectivity index (χ0) is 29.6. The average molecular weight is 578 g/mol. The molecule has 11 heteroatoms. The Morgan fingerprint density at radius 3 is 2.52 bits per heavy atom. The normalized spacial score (nSPS) is 23.1. The number of ketones is 1. The maximum Gasteiger partial charge on any atom is 0.416 e. The molecular weight excluding hydrogens is 547 g/mol. The van der Waals surface area contributed by atoms with E-state index in [2.05, 4.69) is 11.0 Å². The molecule has 3 heterocycles. The molecule has 6 rings (SSSR count). The number of hydrogen-bond donors (Lipinski definition) is 0. The van der Waals surface area contributed by atoms with Crippen molar-refractivity contribution in [3.8, 4) is 6.07 Å². The molecule has 2 fully saturated rings. The van der Waals surface area contributed by atoms with Gasteiger partial charge in [-0.15, -0.1) is 0 Å². The second kappa shape index (κ2) is 10.9. The monoisotopic (exact) mass is 577 g/mol. The first kappa shape index (κ1) is 28.0. The highest BCUT2D eigenvalue weighted by Crippen LogP contribution is 2.44. The number of carbonyl (C=O) groups excluding carboxylic acids is 3. The Morgan fingerprint density at radius 1 is 1.00 bits per heavy atom. The number of urea groups is 1. The Hall–Kier alpha value is -4.17. The summed E-state index contributed by atoms with van der Waals surface area (Å²) in [4.78, 5) is 48.3. The van der Waals surface area contributed by atoms with Crippen molar-refractivity contribution in [3.63, 3.8) is 0 Å². The number of piperazine rings is 1. The third kappa shape index (κ3) is 5.04. The van der Waals surface area contributed by atoms with Crippen molar-refractivity contribution in [2.45, 2.75) is 50.4 Å². The van der Waals surface area contributed by atoms with Crippen LogP contribution >= 0.6 is 0 Å². The van der Waals surface area contributed by atoms with E-state index in [1.54, 1.807) is 29.2 Å². The number of nitriles is 1. The number of allylic oxidation sites excluding steroid dienone is 1. The summed E-state index contributed by atoms with van der Waals surface area (Å²) >= 11 is 0. The number of hydrogen-bond acceptors (Lipinski definition) is 5. The smallest absolute Gasteiger partial charge is 0.338 e. The van der Waals surface area contributed by atoms with E-state index in [0.717, 1.165) is 38.1 Å². The van der Waals surface area contributed by atoms with Gasteiger partial charge >= 0.3 is 12.2 Å². The molecule has 218 valence electrons. The van der Waals surface area contributed by atoms with E-state index >= 15 is 0 Å². The first-order valence-corrected chi connectivity index (χ1v) is 14.2. The van der Waals surface area contributed by atoms with Gasteiger partial charge in [0.1, 0.15) is 6.54 Å². The van der Waals surface area contributed by atoms with Crippen molar-refractivity contribution in [2.75, 3.05) is 37.6 Å². The molecular formula is C31H30F3N5O3. The van der Waals surface area contributed by atoms with Crippen LogP contribution in [0.25, 0.3) is 0 Å². The summed E-state index contributed by atoms with van der Waals surface area (Å²) in [6.45, 7) is 2.47. The second-order valence-corrected chi connectivity index (χ2v) is 11.2. The Bertz CT molecular complexity index is 1500. The van der Waals surface area contributed by atoms with Gasteiger partial charge in [0.15, 0.2) is 5.78 Å². The minimum absolute atomic E-state index is 0.00711. The summed E-state index contributed by atoms with van der Waals surface area (Å²) in [7, 11) is 0. The molecule has 1 aliphatic carbocycles. The van der Waals surface area contributed by atoms with Crippen LogP contribution in [0.3, 0.4) is 0 Å². The van der Waals surface area contributed by atoms with Crippen LogP contribution in [-0.4, -0.2) is 71.2 Å². The summed E-state index contributed by atoms with van der Waals surface area (Å²) < 4.78 is 41.0. The van der Waals surface area contributed by atoms with E-state index in [9.17, 15) is 32.8 Å². The van der Waals surface area contributed by atoms with Crippen molar-refractivity contribution in [1.29, 1.82) is 5.26 Å². The van der Waals surface area contributed by atoms with Gasteiger partial charge in [0, 0.05) is 43.4 Å². The third-order valence-electron chi connectivity index (χ3n) is 8.75. The van der Waals surface area contributed by atoms with Gasteiger partial charge in [-0.25, -0.2) is 4.79 Å². The van der Waals surface area contributed by atoms with Crippen LogP contribution < -0.4 is 4.90 Å². The Balaban J connectivity index is 1.44. The number of benzene rings is 2. The van der Waals surface area contributed by atoms with Crippen molar-refractivity contribution < 1.29 is 27.6 Å². The lowest BCUT2D eigenvalue weighted by molar-refractivity contribution is -0.137. The lowest BCUT2D eigenvalue weighted by Crippen LogP contribution is -2.57. The van der Waals surface area contributed by atoms with Gasteiger partial charge in [-0.2, -0.15) is 18.4 Å². The van der Waals surface area contributed by atoms with Gasteiger partial charge in [0.25, 0.3) is 0 Å². The standard InChI is InChI=1S/C31H30F3N5O3/c32-31(33,34)22-4-1-5-23(16-22)39-25-7-2-8-26(40)28(25)29(21-11-9-20(17-35)10-12-21)38(30(39)42)19-27(41)37-15-14-36-13-3-6-24(36)18-37/h1,4-5,9-12,16,24,29H,2-3,6-8,13-15,18-19H2. The molecule has 2 aromatic carbocycles. The Morgan fingerprint density at radius 2 is 1.79 bits per heavy atom. The van der Waals surface area contributed by atoms with Crippen LogP contribution in [0.4, 0.5) is 23.7 Å². The fourth-order valence-corrected chi connectivity index (χ4v) is 6.70. The number of carbonyl (C=O) groups is 3. The summed E-state index contributed by atoms with van der Waals surface area (Å²) in [5, 5.41) is 9.31. The van der Waals surface area contributed by atoms with Gasteiger partial charge in [0.2, 0.25) is 5.91 Å². The predicted octanol–water partition coefficient (Wildman–Crippen LogP) is 4.87. The predicted molar refractivity (Wildman–Crippen MR) is 147 cm³/mol. The van der Waals surface area contributed by atoms with Crippen molar-refractivity contribution in [3.05, 3.63) is 76.5 Å². The quantitative estimate of drug-likeness (QED) is 0.517. The molecule has 42 heavy (non-hydrogen) atoms. The molecule has 0 bridgehead atoms. The molecule has 2 atom stereocenters. The number of anilines is 1. The van der Waals surface area contributed by atoms with E-state index in [1.165, 1.54) is 21.9 Å². The molecule has 8 nitrogen and oxygen atoms in total. The summed E-state index contributed by atoms with van der Waals surface area (Å²) in [6, 6.07) is 11.7. The zero-order valence-electron chi connectivity index (χ0n) is 22.9. The SMILES string of the molecule is N#Cc1ccc(C2C3=C(CCCC3=O)N(c3cccc(C(F)(F)F)c3)C(=O)N2CC(=O)N2CCN3CCCC3C2)cc1. The Kier molecular flexibility index (Phi) is 7.27. The van der Waals surface area contributed by atoms with Crippen LogP contribution in [0.15, 0.2) is 59.8 Å². The van der Waals surface area contributed by atoms with Gasteiger partial charge in [0.05, 0.1) is 28.9 Å². The van der Waals surface area contributed by atoms with Crippen molar-refractivity contribution >= 4 is 23.4 Å². The zero-order valence-corrected chi connectivity index (χ0v) is 22.9. The molecule has 0 spiro atoms. The number of fused-ring (bicyclic) bond motifs is 1. The maximum atomic E-state index is 14.3. The number of halogens is 3. The lowest BCUT2D eigenvalue weighted by Gasteiger charge is -2.46. The molecule has 0 aromatic heterocycles. The number of alkyl halides is 3. The summed E-state index contributed by atoms with van der Waals surface area (Å²) in [6.07, 6.45) is -1.57. The molecule has 3 amide bonds. The van der Waals surface area contributed by atoms with E-state index in [1.807, 2.05) is 0 Å². The van der Waals surface area contributed by atoms with Crippen LogP contribution in [0, 0.1) is 11.3 Å². The lowest BCUT2D eigenvalue weighted by atomic mass is 9.83. The molecule has 2 saturated heterocycles. The number of rotatable bonds is 4. The van der Waals surface area contributed by atoms with E-state index < -0.39 is 23.8 Å². The third-order valence-corrected chi connectivity index (χ3v) is 8.75. The van der Waals surface area contributed by atoms with Gasteiger partial charge < -0.3 is 9.80 Å².